The number of benzene rings is 1. The van der Waals surface area contributed by atoms with E-state index in [1.54, 1.807) is 6.07 Å². The highest BCUT2D eigenvalue weighted by Crippen LogP contribution is 2.38. The van der Waals surface area contributed by atoms with E-state index in [-0.39, 0.29) is 17.8 Å². The van der Waals surface area contributed by atoms with Crippen LogP contribution in [0.15, 0.2) is 35.6 Å². The molecule has 1 aliphatic heterocycles. The predicted molar refractivity (Wildman–Crippen MR) is 81.7 cm³/mol. The molecule has 0 saturated carbocycles. The Hall–Kier alpha value is -2.22. The van der Waals surface area contributed by atoms with Gasteiger partial charge < -0.3 is 10.0 Å². The number of non-ortho nitro benzene ring substituents is 1. The quantitative estimate of drug-likeness (QED) is 0.488. The van der Waals surface area contributed by atoms with Crippen LogP contribution in [0.1, 0.15) is 18.5 Å². The van der Waals surface area contributed by atoms with Gasteiger partial charge in [-0.2, -0.15) is 0 Å². The Balaban J connectivity index is 2.57. The van der Waals surface area contributed by atoms with Crippen LogP contribution in [0.25, 0.3) is 0 Å². The summed E-state index contributed by atoms with van der Waals surface area (Å²) in [6.07, 6.45) is 0. The van der Waals surface area contributed by atoms with E-state index in [1.807, 2.05) is 0 Å². The third-order valence-electron chi connectivity index (χ3n) is 3.41. The summed E-state index contributed by atoms with van der Waals surface area (Å²) in [6.45, 7) is 1.51. The van der Waals surface area contributed by atoms with E-state index < -0.39 is 28.4 Å². The Bertz CT molecular complexity index is 686. The molecule has 0 radical (unpaired) electrons. The molecule has 0 unspecified atom stereocenters. The van der Waals surface area contributed by atoms with Crippen LogP contribution in [0, 0.1) is 10.1 Å². The molecule has 0 spiro atoms. The highest BCUT2D eigenvalue weighted by Gasteiger charge is 2.42. The van der Waals surface area contributed by atoms with Gasteiger partial charge in [0.2, 0.25) is 0 Å². The first kappa shape index (κ1) is 16.2. The number of Topliss-reactive ketones (excluding diaryl/α,β-unsaturated/α-hetero) is 1. The van der Waals surface area contributed by atoms with Gasteiger partial charge in [-0.15, -0.1) is 0 Å². The number of halogens is 1. The highest BCUT2D eigenvalue weighted by atomic mass is 79.9. The summed E-state index contributed by atoms with van der Waals surface area (Å²) in [5.74, 6) is -1.69. The molecule has 22 heavy (non-hydrogen) atoms. The first-order valence-electron chi connectivity index (χ1n) is 6.43. The van der Waals surface area contributed by atoms with Crippen molar-refractivity contribution in [2.24, 2.45) is 0 Å². The van der Waals surface area contributed by atoms with Crippen molar-refractivity contribution in [3.8, 4) is 0 Å². The second-order valence-electron chi connectivity index (χ2n) is 4.76. The zero-order valence-electron chi connectivity index (χ0n) is 11.7. The zero-order valence-corrected chi connectivity index (χ0v) is 13.2. The number of carbonyl (C=O) groups is 2. The molecule has 0 aliphatic carbocycles. The van der Waals surface area contributed by atoms with Gasteiger partial charge in [-0.25, -0.2) is 0 Å². The van der Waals surface area contributed by atoms with E-state index in [4.69, 9.17) is 0 Å². The number of aliphatic hydroxyl groups excluding tert-OH is 1. The smallest absolute Gasteiger partial charge is 0.290 e. The number of nitrogens with zero attached hydrogens (tertiary/aromatic N) is 2. The molecule has 1 heterocycles. The number of ketones is 1. The van der Waals surface area contributed by atoms with Crippen LogP contribution >= 0.6 is 15.9 Å². The molecule has 116 valence electrons. The first-order valence-corrected chi connectivity index (χ1v) is 7.56. The molecule has 0 bridgehead atoms. The highest BCUT2D eigenvalue weighted by molar-refractivity contribution is 9.09. The molecule has 1 N–H and O–H groups in total. The van der Waals surface area contributed by atoms with Crippen molar-refractivity contribution in [1.82, 2.24) is 4.90 Å². The van der Waals surface area contributed by atoms with Gasteiger partial charge in [-0.3, -0.25) is 19.7 Å². The lowest BCUT2D eigenvalue weighted by atomic mass is 9.96. The van der Waals surface area contributed by atoms with Gasteiger partial charge in [0.1, 0.15) is 0 Å². The Labute approximate surface area is 134 Å². The van der Waals surface area contributed by atoms with Crippen LogP contribution in [0.3, 0.4) is 0 Å². The van der Waals surface area contributed by atoms with Crippen LogP contribution in [0.2, 0.25) is 0 Å². The monoisotopic (exact) mass is 368 g/mol. The standard InChI is InChI=1S/C14H13BrN2O5/c1-8(18)11-12(16(6-5-15)14(20)13(11)19)9-3-2-4-10(7-9)17(21)22/h2-4,7,12,19H,5-6H2,1H3/t12-/m1/s1. The molecule has 1 aromatic carbocycles. The van der Waals surface area contributed by atoms with Crippen molar-refractivity contribution in [2.75, 3.05) is 11.9 Å². The Morgan fingerprint density at radius 3 is 2.73 bits per heavy atom. The SMILES string of the molecule is CC(=O)C1=C(O)C(=O)N(CCBr)[C@@H]1c1cccc([N+](=O)[O-])c1. The van der Waals surface area contributed by atoms with Crippen molar-refractivity contribution in [3.63, 3.8) is 0 Å². The van der Waals surface area contributed by atoms with Gasteiger partial charge >= 0.3 is 0 Å². The van der Waals surface area contributed by atoms with Gasteiger partial charge in [0, 0.05) is 24.0 Å². The van der Waals surface area contributed by atoms with Gasteiger partial charge in [0.25, 0.3) is 11.6 Å². The number of alkyl halides is 1. The van der Waals surface area contributed by atoms with Crippen molar-refractivity contribution in [3.05, 3.63) is 51.3 Å². The molecule has 1 aromatic rings. The summed E-state index contributed by atoms with van der Waals surface area (Å²) >= 11 is 3.21. The van der Waals surface area contributed by atoms with E-state index in [0.29, 0.717) is 10.9 Å². The predicted octanol–water partition coefficient (Wildman–Crippen LogP) is 2.27. The maximum Gasteiger partial charge on any atom is 0.290 e. The lowest BCUT2D eigenvalue weighted by Gasteiger charge is -2.25. The average Bonchev–Trinajstić information content (AvgIpc) is 2.72. The molecule has 1 aliphatic rings. The Kier molecular flexibility index (Phi) is 4.60. The number of amides is 1. The molecule has 1 atom stereocenters. The molecular weight excluding hydrogens is 356 g/mol. The molecular formula is C14H13BrN2O5. The van der Waals surface area contributed by atoms with Crippen LogP contribution < -0.4 is 0 Å². The fraction of sp³-hybridized carbons (Fsp3) is 0.286. The van der Waals surface area contributed by atoms with E-state index in [1.165, 1.54) is 30.0 Å². The summed E-state index contributed by atoms with van der Waals surface area (Å²) in [5.41, 5.74) is 0.238. The average molecular weight is 369 g/mol. The first-order chi connectivity index (χ1) is 10.4. The van der Waals surface area contributed by atoms with Crippen molar-refractivity contribution < 1.29 is 19.6 Å². The fourth-order valence-corrected chi connectivity index (χ4v) is 2.87. The van der Waals surface area contributed by atoms with Crippen molar-refractivity contribution in [2.45, 2.75) is 13.0 Å². The second kappa shape index (κ2) is 6.27. The summed E-state index contributed by atoms with van der Waals surface area (Å²) in [6, 6.07) is 4.89. The summed E-state index contributed by atoms with van der Waals surface area (Å²) < 4.78 is 0. The normalized spacial score (nSPS) is 18.0. The van der Waals surface area contributed by atoms with Crippen LogP contribution in [0.5, 0.6) is 0 Å². The van der Waals surface area contributed by atoms with Gasteiger partial charge in [0.05, 0.1) is 16.5 Å². The molecule has 1 amide bonds. The number of rotatable bonds is 5. The molecule has 8 heteroatoms. The summed E-state index contributed by atoms with van der Waals surface area (Å²) in [4.78, 5) is 35.6. The molecule has 0 saturated heterocycles. The number of hydrogen-bond donors (Lipinski definition) is 1. The minimum Gasteiger partial charge on any atom is -0.503 e. The van der Waals surface area contributed by atoms with Crippen LogP contribution in [-0.4, -0.2) is 38.5 Å². The van der Waals surface area contributed by atoms with Gasteiger partial charge in [-0.05, 0) is 12.5 Å². The van der Waals surface area contributed by atoms with Crippen LogP contribution in [-0.2, 0) is 9.59 Å². The fourth-order valence-electron chi connectivity index (χ4n) is 2.49. The van der Waals surface area contributed by atoms with E-state index in [0.717, 1.165) is 0 Å². The number of nitro groups is 1. The molecule has 7 nitrogen and oxygen atoms in total. The van der Waals surface area contributed by atoms with E-state index >= 15 is 0 Å². The van der Waals surface area contributed by atoms with Crippen molar-refractivity contribution >= 4 is 33.3 Å². The molecule has 2 rings (SSSR count). The van der Waals surface area contributed by atoms with E-state index in [2.05, 4.69) is 15.9 Å². The maximum atomic E-state index is 12.1. The minimum absolute atomic E-state index is 0.0357. The number of hydrogen-bond acceptors (Lipinski definition) is 5. The molecule has 0 aromatic heterocycles. The minimum atomic E-state index is -0.817. The Morgan fingerprint density at radius 1 is 1.50 bits per heavy atom. The van der Waals surface area contributed by atoms with E-state index in [9.17, 15) is 24.8 Å². The third kappa shape index (κ3) is 2.74. The zero-order chi connectivity index (χ0) is 16.4. The molecule has 0 fully saturated rings. The maximum absolute atomic E-state index is 12.1. The third-order valence-corrected chi connectivity index (χ3v) is 3.76. The second-order valence-corrected chi connectivity index (χ2v) is 5.55. The summed E-state index contributed by atoms with van der Waals surface area (Å²) in [7, 11) is 0. The van der Waals surface area contributed by atoms with Crippen LogP contribution in [0.4, 0.5) is 5.69 Å². The largest absolute Gasteiger partial charge is 0.503 e. The topological polar surface area (TPSA) is 101 Å². The number of carbonyl (C=O) groups excluding carboxylic acids is 2. The number of nitro benzene ring substituents is 1. The van der Waals surface area contributed by atoms with Gasteiger partial charge in [-0.1, -0.05) is 28.1 Å². The summed E-state index contributed by atoms with van der Waals surface area (Å²) in [5, 5.41) is 21.3. The Morgan fingerprint density at radius 2 is 2.18 bits per heavy atom. The lowest BCUT2D eigenvalue weighted by molar-refractivity contribution is -0.384. The van der Waals surface area contributed by atoms with Crippen molar-refractivity contribution in [1.29, 1.82) is 0 Å². The number of aliphatic hydroxyl groups is 1. The van der Waals surface area contributed by atoms with Gasteiger partial charge in [0.15, 0.2) is 11.5 Å². The lowest BCUT2D eigenvalue weighted by Crippen LogP contribution is -2.32.